The van der Waals surface area contributed by atoms with Gasteiger partial charge in [0.25, 0.3) is 0 Å². The molecule has 138 valence electrons. The van der Waals surface area contributed by atoms with E-state index in [1.54, 1.807) is 6.20 Å². The molecule has 2 fully saturated rings. The maximum Gasteiger partial charge on any atom is 0.317 e. The molecule has 2 saturated heterocycles. The van der Waals surface area contributed by atoms with Crippen LogP contribution in [0.4, 0.5) is 10.6 Å². The molecule has 1 atom stereocenters. The van der Waals surface area contributed by atoms with Crippen molar-refractivity contribution >= 4 is 11.8 Å². The SMILES string of the molecule is CCN(CC1CCOC1)C(=O)NCc1ccnc(N2CCOCC2)c1. The van der Waals surface area contributed by atoms with Gasteiger partial charge in [0.05, 0.1) is 19.8 Å². The lowest BCUT2D eigenvalue weighted by molar-refractivity contribution is 0.122. The van der Waals surface area contributed by atoms with Gasteiger partial charge in [-0.3, -0.25) is 0 Å². The summed E-state index contributed by atoms with van der Waals surface area (Å²) in [6.45, 7) is 8.75. The van der Waals surface area contributed by atoms with Crippen LogP contribution >= 0.6 is 0 Å². The number of rotatable bonds is 6. The second kappa shape index (κ2) is 9.01. The zero-order valence-electron chi connectivity index (χ0n) is 14.9. The van der Waals surface area contributed by atoms with Crippen LogP contribution in [0.3, 0.4) is 0 Å². The van der Waals surface area contributed by atoms with E-state index in [9.17, 15) is 4.79 Å². The van der Waals surface area contributed by atoms with Gasteiger partial charge in [0.15, 0.2) is 0 Å². The van der Waals surface area contributed by atoms with Crippen molar-refractivity contribution in [2.45, 2.75) is 19.9 Å². The first-order valence-corrected chi connectivity index (χ1v) is 9.14. The van der Waals surface area contributed by atoms with Crippen molar-refractivity contribution in [2.75, 3.05) is 57.5 Å². The molecule has 1 aromatic rings. The summed E-state index contributed by atoms with van der Waals surface area (Å²) >= 11 is 0. The fourth-order valence-corrected chi connectivity index (χ4v) is 3.22. The number of carbonyl (C=O) groups is 1. The highest BCUT2D eigenvalue weighted by atomic mass is 16.5. The normalized spacial score (nSPS) is 20.5. The van der Waals surface area contributed by atoms with Crippen molar-refractivity contribution in [3.8, 4) is 0 Å². The van der Waals surface area contributed by atoms with Crippen molar-refractivity contribution in [1.29, 1.82) is 0 Å². The second-order valence-corrected chi connectivity index (χ2v) is 6.55. The molecule has 0 spiro atoms. The number of aromatic nitrogens is 1. The third kappa shape index (κ3) is 5.06. The van der Waals surface area contributed by atoms with E-state index in [1.807, 2.05) is 24.0 Å². The Morgan fingerprint density at radius 3 is 2.92 bits per heavy atom. The van der Waals surface area contributed by atoms with Crippen molar-refractivity contribution < 1.29 is 14.3 Å². The predicted molar refractivity (Wildman–Crippen MR) is 95.7 cm³/mol. The number of urea groups is 1. The lowest BCUT2D eigenvalue weighted by atomic mass is 10.1. The maximum absolute atomic E-state index is 12.5. The van der Waals surface area contributed by atoms with Crippen LogP contribution in [-0.4, -0.2) is 68.5 Å². The molecule has 0 aliphatic carbocycles. The minimum atomic E-state index is -0.0147. The number of hydrogen-bond donors (Lipinski definition) is 1. The molecule has 0 bridgehead atoms. The van der Waals surface area contributed by atoms with Gasteiger partial charge in [-0.05, 0) is 31.0 Å². The summed E-state index contributed by atoms with van der Waals surface area (Å²) in [5.74, 6) is 1.41. The van der Waals surface area contributed by atoms with E-state index >= 15 is 0 Å². The predicted octanol–water partition coefficient (Wildman–Crippen LogP) is 1.49. The van der Waals surface area contributed by atoms with Crippen molar-refractivity contribution in [1.82, 2.24) is 15.2 Å². The third-order valence-corrected chi connectivity index (χ3v) is 4.76. The summed E-state index contributed by atoms with van der Waals surface area (Å²) in [7, 11) is 0. The quantitative estimate of drug-likeness (QED) is 0.844. The highest BCUT2D eigenvalue weighted by Gasteiger charge is 2.21. The van der Waals surface area contributed by atoms with E-state index in [0.29, 0.717) is 19.0 Å². The van der Waals surface area contributed by atoms with Gasteiger partial charge in [0.1, 0.15) is 5.82 Å². The molecule has 0 saturated carbocycles. The summed E-state index contributed by atoms with van der Waals surface area (Å²) < 4.78 is 10.8. The first-order valence-electron chi connectivity index (χ1n) is 9.14. The molecule has 1 N–H and O–H groups in total. The fraction of sp³-hybridized carbons (Fsp3) is 0.667. The van der Waals surface area contributed by atoms with Crippen LogP contribution in [0.25, 0.3) is 0 Å². The Kier molecular flexibility index (Phi) is 6.47. The van der Waals surface area contributed by atoms with Gasteiger partial charge < -0.3 is 24.6 Å². The smallest absolute Gasteiger partial charge is 0.317 e. The number of morpholine rings is 1. The second-order valence-electron chi connectivity index (χ2n) is 6.55. The number of hydrogen-bond acceptors (Lipinski definition) is 5. The van der Waals surface area contributed by atoms with Crippen LogP contribution in [0.15, 0.2) is 18.3 Å². The number of amides is 2. The van der Waals surface area contributed by atoms with Crippen LogP contribution in [0.5, 0.6) is 0 Å². The van der Waals surface area contributed by atoms with Crippen molar-refractivity contribution in [3.63, 3.8) is 0 Å². The average Bonchev–Trinajstić information content (AvgIpc) is 3.18. The summed E-state index contributed by atoms with van der Waals surface area (Å²) in [5, 5.41) is 3.03. The van der Waals surface area contributed by atoms with E-state index in [2.05, 4.69) is 15.2 Å². The Labute approximate surface area is 149 Å². The number of nitrogens with one attached hydrogen (secondary N) is 1. The van der Waals surface area contributed by atoms with E-state index in [4.69, 9.17) is 9.47 Å². The molecular formula is C18H28N4O3. The first kappa shape index (κ1) is 17.9. The molecule has 2 amide bonds. The largest absolute Gasteiger partial charge is 0.381 e. The zero-order chi connectivity index (χ0) is 17.5. The van der Waals surface area contributed by atoms with Gasteiger partial charge in [-0.25, -0.2) is 9.78 Å². The first-order chi connectivity index (χ1) is 12.3. The monoisotopic (exact) mass is 348 g/mol. The molecular weight excluding hydrogens is 320 g/mol. The molecule has 3 heterocycles. The number of carbonyl (C=O) groups excluding carboxylic acids is 1. The van der Waals surface area contributed by atoms with Gasteiger partial charge in [-0.1, -0.05) is 0 Å². The number of ether oxygens (including phenoxy) is 2. The Morgan fingerprint density at radius 1 is 1.36 bits per heavy atom. The molecule has 1 aromatic heterocycles. The van der Waals surface area contributed by atoms with Crippen LogP contribution in [-0.2, 0) is 16.0 Å². The summed E-state index contributed by atoms with van der Waals surface area (Å²) in [6.07, 6.45) is 2.84. The van der Waals surface area contributed by atoms with Crippen LogP contribution in [0.1, 0.15) is 18.9 Å². The molecule has 2 aliphatic heterocycles. The Balaban J connectivity index is 1.52. The highest BCUT2D eigenvalue weighted by molar-refractivity contribution is 5.74. The zero-order valence-corrected chi connectivity index (χ0v) is 14.9. The van der Waals surface area contributed by atoms with Gasteiger partial charge in [-0.15, -0.1) is 0 Å². The Morgan fingerprint density at radius 2 is 2.20 bits per heavy atom. The number of pyridine rings is 1. The van der Waals surface area contributed by atoms with E-state index in [-0.39, 0.29) is 6.03 Å². The molecule has 1 unspecified atom stereocenters. The van der Waals surface area contributed by atoms with Gasteiger partial charge in [-0.2, -0.15) is 0 Å². The fourth-order valence-electron chi connectivity index (χ4n) is 3.22. The molecule has 7 nitrogen and oxygen atoms in total. The van der Waals surface area contributed by atoms with Gasteiger partial charge >= 0.3 is 6.03 Å². The van der Waals surface area contributed by atoms with Crippen molar-refractivity contribution in [3.05, 3.63) is 23.9 Å². The lowest BCUT2D eigenvalue weighted by Crippen LogP contribution is -2.42. The molecule has 0 radical (unpaired) electrons. The van der Waals surface area contributed by atoms with Crippen molar-refractivity contribution in [2.24, 2.45) is 5.92 Å². The molecule has 7 heteroatoms. The Bertz CT molecular complexity index is 557. The topological polar surface area (TPSA) is 66.9 Å². The standard InChI is InChI=1S/C18H28N4O3/c1-2-21(13-16-4-8-25-14-16)18(23)20-12-15-3-5-19-17(11-15)22-6-9-24-10-7-22/h3,5,11,16H,2,4,6-10,12-14H2,1H3,(H,20,23). The van der Waals surface area contributed by atoms with E-state index < -0.39 is 0 Å². The Hall–Kier alpha value is -1.86. The van der Waals surface area contributed by atoms with Gasteiger partial charge in [0.2, 0.25) is 0 Å². The molecule has 2 aliphatic rings. The van der Waals surface area contributed by atoms with Gasteiger partial charge in [0, 0.05) is 51.4 Å². The number of anilines is 1. The highest BCUT2D eigenvalue weighted by Crippen LogP contribution is 2.15. The minimum Gasteiger partial charge on any atom is -0.381 e. The summed E-state index contributed by atoms with van der Waals surface area (Å²) in [4.78, 5) is 21.0. The van der Waals surface area contributed by atoms with Crippen LogP contribution in [0, 0.1) is 5.92 Å². The maximum atomic E-state index is 12.5. The van der Waals surface area contributed by atoms with Crippen LogP contribution < -0.4 is 10.2 Å². The summed E-state index contributed by atoms with van der Waals surface area (Å²) in [6, 6.07) is 3.98. The third-order valence-electron chi connectivity index (χ3n) is 4.76. The lowest BCUT2D eigenvalue weighted by Gasteiger charge is -2.28. The van der Waals surface area contributed by atoms with Crippen LogP contribution in [0.2, 0.25) is 0 Å². The average molecular weight is 348 g/mol. The minimum absolute atomic E-state index is 0.0147. The van der Waals surface area contributed by atoms with E-state index in [1.165, 1.54) is 0 Å². The van der Waals surface area contributed by atoms with E-state index in [0.717, 1.165) is 63.9 Å². The molecule has 0 aromatic carbocycles. The molecule has 25 heavy (non-hydrogen) atoms. The summed E-state index contributed by atoms with van der Waals surface area (Å²) in [5.41, 5.74) is 1.06. The molecule has 3 rings (SSSR count). The number of nitrogens with zero attached hydrogens (tertiary/aromatic N) is 3.